The molecule has 2 N–H and O–H groups in total. The molecule has 0 heterocycles. The average molecular weight is 305 g/mol. The van der Waals surface area contributed by atoms with Crippen molar-refractivity contribution in [3.63, 3.8) is 0 Å². The predicted octanol–water partition coefficient (Wildman–Crippen LogP) is 1.68. The second-order valence-corrected chi connectivity index (χ2v) is 6.61. The van der Waals surface area contributed by atoms with Crippen molar-refractivity contribution in [3.8, 4) is 0 Å². The third-order valence-corrected chi connectivity index (χ3v) is 4.16. The molecule has 0 aliphatic heterocycles. The van der Waals surface area contributed by atoms with Crippen LogP contribution in [0.25, 0.3) is 0 Å². The van der Waals surface area contributed by atoms with Crippen LogP contribution in [-0.2, 0) is 14.8 Å². The molecule has 0 aromatic heterocycles. The van der Waals surface area contributed by atoms with Crippen LogP contribution in [0.15, 0.2) is 18.2 Å². The van der Waals surface area contributed by atoms with Crippen LogP contribution >= 0.6 is 11.6 Å². The van der Waals surface area contributed by atoms with Crippen LogP contribution in [0.4, 0.5) is 5.69 Å². The third kappa shape index (κ3) is 3.61. The minimum Gasteiger partial charge on any atom is -0.368 e. The first-order chi connectivity index (χ1) is 8.68. The van der Waals surface area contributed by atoms with Gasteiger partial charge in [-0.3, -0.25) is 9.10 Å². The number of carbonyl (C=O) groups excluding carboxylic acids is 1. The lowest BCUT2D eigenvalue weighted by Crippen LogP contribution is -2.47. The zero-order valence-corrected chi connectivity index (χ0v) is 12.6. The summed E-state index contributed by atoms with van der Waals surface area (Å²) in [5, 5.41) is 0.397. The predicted molar refractivity (Wildman–Crippen MR) is 76.8 cm³/mol. The van der Waals surface area contributed by atoms with Crippen molar-refractivity contribution in [1.29, 1.82) is 0 Å². The highest BCUT2D eigenvalue weighted by molar-refractivity contribution is 7.92. The highest BCUT2D eigenvalue weighted by Gasteiger charge is 2.30. The second-order valence-electron chi connectivity index (χ2n) is 4.32. The van der Waals surface area contributed by atoms with Gasteiger partial charge in [-0.05, 0) is 31.0 Å². The van der Waals surface area contributed by atoms with E-state index in [1.165, 1.54) is 6.07 Å². The topological polar surface area (TPSA) is 80.5 Å². The Hall–Kier alpha value is -1.27. The Morgan fingerprint density at radius 3 is 2.47 bits per heavy atom. The first-order valence-corrected chi connectivity index (χ1v) is 7.96. The maximum Gasteiger partial charge on any atom is 0.241 e. The zero-order valence-electron chi connectivity index (χ0n) is 11.1. The Morgan fingerprint density at radius 2 is 2.05 bits per heavy atom. The molecule has 0 fully saturated rings. The van der Waals surface area contributed by atoms with E-state index in [1.807, 2.05) is 0 Å². The molecule has 0 bridgehead atoms. The molecule has 0 saturated carbocycles. The van der Waals surface area contributed by atoms with Gasteiger partial charge in [0.25, 0.3) is 0 Å². The minimum atomic E-state index is -3.64. The van der Waals surface area contributed by atoms with Crippen LogP contribution in [0.3, 0.4) is 0 Å². The van der Waals surface area contributed by atoms with Crippen molar-refractivity contribution in [2.24, 2.45) is 5.73 Å². The molecule has 1 aromatic carbocycles. The molecule has 7 heteroatoms. The van der Waals surface area contributed by atoms with Gasteiger partial charge in [-0.1, -0.05) is 24.6 Å². The quantitative estimate of drug-likeness (QED) is 0.898. The summed E-state index contributed by atoms with van der Waals surface area (Å²) in [4.78, 5) is 11.5. The molecule has 106 valence electrons. The molecule has 5 nitrogen and oxygen atoms in total. The van der Waals surface area contributed by atoms with Gasteiger partial charge >= 0.3 is 0 Å². The number of hydrogen-bond donors (Lipinski definition) is 1. The number of anilines is 1. The van der Waals surface area contributed by atoms with Crippen molar-refractivity contribution in [2.45, 2.75) is 26.3 Å². The van der Waals surface area contributed by atoms with Gasteiger partial charge in [-0.25, -0.2) is 8.42 Å². The van der Waals surface area contributed by atoms with E-state index >= 15 is 0 Å². The summed E-state index contributed by atoms with van der Waals surface area (Å²) in [5.41, 5.74) is 6.37. The lowest BCUT2D eigenvalue weighted by molar-refractivity contribution is -0.119. The number of hydrogen-bond acceptors (Lipinski definition) is 3. The first-order valence-electron chi connectivity index (χ1n) is 5.73. The molecule has 0 saturated heterocycles. The van der Waals surface area contributed by atoms with Crippen molar-refractivity contribution in [2.75, 3.05) is 10.6 Å². The number of nitrogens with zero attached hydrogens (tertiary/aromatic N) is 1. The fraction of sp³-hybridized carbons (Fsp3) is 0.417. The number of sulfonamides is 1. The summed E-state index contributed by atoms with van der Waals surface area (Å²) in [6.45, 7) is 3.45. The molecule has 1 unspecified atom stereocenters. The smallest absolute Gasteiger partial charge is 0.241 e. The number of rotatable bonds is 5. The first kappa shape index (κ1) is 15.8. The van der Waals surface area contributed by atoms with Crippen molar-refractivity contribution < 1.29 is 13.2 Å². The molecule has 19 heavy (non-hydrogen) atoms. The Labute approximate surface area is 118 Å². The van der Waals surface area contributed by atoms with E-state index < -0.39 is 22.0 Å². The maximum atomic E-state index is 12.0. The van der Waals surface area contributed by atoms with Gasteiger partial charge in [0.15, 0.2) is 0 Å². The van der Waals surface area contributed by atoms with Gasteiger partial charge in [0, 0.05) is 5.02 Å². The number of amides is 1. The minimum absolute atomic E-state index is 0.286. The van der Waals surface area contributed by atoms with E-state index in [9.17, 15) is 13.2 Å². The van der Waals surface area contributed by atoms with Gasteiger partial charge in [0.2, 0.25) is 15.9 Å². The molecular weight excluding hydrogens is 288 g/mol. The Morgan fingerprint density at radius 1 is 1.47 bits per heavy atom. The maximum absolute atomic E-state index is 12.0. The van der Waals surface area contributed by atoms with Crippen LogP contribution in [0.2, 0.25) is 5.02 Å². The molecule has 1 atom stereocenters. The fourth-order valence-electron chi connectivity index (χ4n) is 1.88. The van der Waals surface area contributed by atoms with Crippen LogP contribution in [0, 0.1) is 6.92 Å². The van der Waals surface area contributed by atoms with E-state index in [0.29, 0.717) is 16.3 Å². The van der Waals surface area contributed by atoms with Crippen LogP contribution in [-0.4, -0.2) is 26.6 Å². The molecule has 1 aromatic rings. The number of primary amides is 1. The van der Waals surface area contributed by atoms with Gasteiger partial charge in [-0.2, -0.15) is 0 Å². The Balaban J connectivity index is 3.49. The molecular formula is C12H17ClN2O3S. The molecule has 1 rings (SSSR count). The summed E-state index contributed by atoms with van der Waals surface area (Å²) in [5.74, 6) is -0.688. The van der Waals surface area contributed by atoms with E-state index in [2.05, 4.69) is 0 Å². The van der Waals surface area contributed by atoms with E-state index in [4.69, 9.17) is 17.3 Å². The van der Waals surface area contributed by atoms with Gasteiger partial charge < -0.3 is 5.73 Å². The molecule has 0 radical (unpaired) electrons. The van der Waals surface area contributed by atoms with E-state index in [0.717, 1.165) is 10.6 Å². The SMILES string of the molecule is CCC(C(N)=O)N(c1cc(Cl)ccc1C)S(C)(=O)=O. The van der Waals surface area contributed by atoms with Crippen molar-refractivity contribution in [1.82, 2.24) is 0 Å². The van der Waals surface area contributed by atoms with Gasteiger partial charge in [0.1, 0.15) is 6.04 Å². The fourth-order valence-corrected chi connectivity index (χ4v) is 3.32. The van der Waals surface area contributed by atoms with Crippen LogP contribution in [0.5, 0.6) is 0 Å². The van der Waals surface area contributed by atoms with Gasteiger partial charge in [0.05, 0.1) is 11.9 Å². The Kier molecular flexibility index (Phi) is 4.81. The second kappa shape index (κ2) is 5.79. The number of carbonyl (C=O) groups is 1. The number of halogens is 1. The average Bonchev–Trinajstić information content (AvgIpc) is 2.27. The third-order valence-electron chi connectivity index (χ3n) is 2.76. The molecule has 0 spiro atoms. The van der Waals surface area contributed by atoms with E-state index in [-0.39, 0.29) is 6.42 Å². The molecule has 0 aliphatic carbocycles. The van der Waals surface area contributed by atoms with E-state index in [1.54, 1.807) is 26.0 Å². The van der Waals surface area contributed by atoms with Crippen LogP contribution < -0.4 is 10.0 Å². The number of nitrogens with two attached hydrogens (primary N) is 1. The molecule has 0 aliphatic rings. The Bertz CT molecular complexity index is 587. The lowest BCUT2D eigenvalue weighted by Gasteiger charge is -2.30. The number of aryl methyl sites for hydroxylation is 1. The standard InChI is InChI=1S/C12H17ClN2O3S/c1-4-10(12(14)16)15(19(3,17)18)11-7-9(13)6-5-8(11)2/h5-7,10H,4H2,1-3H3,(H2,14,16). The highest BCUT2D eigenvalue weighted by Crippen LogP contribution is 2.28. The van der Waals surface area contributed by atoms with Crippen LogP contribution in [0.1, 0.15) is 18.9 Å². The van der Waals surface area contributed by atoms with Crippen molar-refractivity contribution in [3.05, 3.63) is 28.8 Å². The zero-order chi connectivity index (χ0) is 14.8. The van der Waals surface area contributed by atoms with Crippen molar-refractivity contribution >= 4 is 33.2 Å². The van der Waals surface area contributed by atoms with Gasteiger partial charge in [-0.15, -0.1) is 0 Å². The number of benzene rings is 1. The summed E-state index contributed by atoms with van der Waals surface area (Å²) in [6.07, 6.45) is 1.33. The molecule has 1 amide bonds. The largest absolute Gasteiger partial charge is 0.368 e. The summed E-state index contributed by atoms with van der Waals surface area (Å²) < 4.78 is 25.0. The summed E-state index contributed by atoms with van der Waals surface area (Å²) in [7, 11) is -3.64. The highest BCUT2D eigenvalue weighted by atomic mass is 35.5. The monoisotopic (exact) mass is 304 g/mol. The normalized spacial score (nSPS) is 13.1. The summed E-state index contributed by atoms with van der Waals surface area (Å²) in [6, 6.07) is 3.95. The lowest BCUT2D eigenvalue weighted by atomic mass is 10.1. The summed E-state index contributed by atoms with van der Waals surface area (Å²) >= 11 is 5.90.